The first-order chi connectivity index (χ1) is 7.02. The number of halogens is 1. The Hall–Kier alpha value is -1.22. The number of carbonyl (C=O) groups is 2. The van der Waals surface area contributed by atoms with E-state index in [9.17, 15) is 9.59 Å². The SMILES string of the molecule is CC1=C(Br)C(=O)c2cc(C)ccc2C1=O. The summed E-state index contributed by atoms with van der Waals surface area (Å²) in [6, 6.07) is 5.31. The molecule has 0 aromatic heterocycles. The largest absolute Gasteiger partial charge is 0.289 e. The Morgan fingerprint density at radius 1 is 1.00 bits per heavy atom. The highest BCUT2D eigenvalue weighted by atomic mass is 79.9. The molecule has 1 aliphatic carbocycles. The van der Waals surface area contributed by atoms with Crippen molar-refractivity contribution < 1.29 is 9.59 Å². The molecule has 3 heteroatoms. The highest BCUT2D eigenvalue weighted by Gasteiger charge is 2.28. The number of rotatable bonds is 0. The van der Waals surface area contributed by atoms with Gasteiger partial charge in [0.05, 0.1) is 4.48 Å². The van der Waals surface area contributed by atoms with Gasteiger partial charge in [-0.3, -0.25) is 9.59 Å². The van der Waals surface area contributed by atoms with Crippen molar-refractivity contribution in [3.63, 3.8) is 0 Å². The van der Waals surface area contributed by atoms with Gasteiger partial charge in [-0.1, -0.05) is 17.7 Å². The van der Waals surface area contributed by atoms with Crippen molar-refractivity contribution in [2.24, 2.45) is 0 Å². The molecule has 0 atom stereocenters. The molecule has 1 aromatic rings. The van der Waals surface area contributed by atoms with Crippen molar-refractivity contribution in [1.29, 1.82) is 0 Å². The smallest absolute Gasteiger partial charge is 0.201 e. The number of ketones is 2. The molecule has 2 nitrogen and oxygen atoms in total. The topological polar surface area (TPSA) is 34.1 Å². The van der Waals surface area contributed by atoms with Crippen molar-refractivity contribution in [1.82, 2.24) is 0 Å². The zero-order valence-electron chi connectivity index (χ0n) is 8.43. The second-order valence-corrected chi connectivity index (χ2v) is 4.44. The molecule has 0 fully saturated rings. The molecule has 76 valence electrons. The first kappa shape index (κ1) is 10.3. The maximum absolute atomic E-state index is 11.9. The Bertz CT molecular complexity index is 512. The first-order valence-electron chi connectivity index (χ1n) is 4.59. The lowest BCUT2D eigenvalue weighted by Gasteiger charge is -2.15. The lowest BCUT2D eigenvalue weighted by molar-refractivity contribution is 0.0982. The average Bonchev–Trinajstić information content (AvgIpc) is 2.23. The van der Waals surface area contributed by atoms with Crippen LogP contribution >= 0.6 is 15.9 Å². The predicted molar refractivity (Wildman–Crippen MR) is 61.5 cm³/mol. The van der Waals surface area contributed by atoms with Gasteiger partial charge in [0.1, 0.15) is 0 Å². The first-order valence-corrected chi connectivity index (χ1v) is 5.38. The summed E-state index contributed by atoms with van der Waals surface area (Å²) in [6.45, 7) is 3.56. The molecule has 0 aliphatic heterocycles. The van der Waals surface area contributed by atoms with Crippen LogP contribution in [0.25, 0.3) is 0 Å². The van der Waals surface area contributed by atoms with Gasteiger partial charge in [0.25, 0.3) is 0 Å². The average molecular weight is 265 g/mol. The van der Waals surface area contributed by atoms with E-state index in [2.05, 4.69) is 15.9 Å². The number of aryl methyl sites for hydroxylation is 1. The van der Waals surface area contributed by atoms with Crippen molar-refractivity contribution in [3.05, 3.63) is 44.9 Å². The van der Waals surface area contributed by atoms with Crippen LogP contribution < -0.4 is 0 Å². The number of carbonyl (C=O) groups excluding carboxylic acids is 2. The predicted octanol–water partition coefficient (Wildman–Crippen LogP) is 3.04. The van der Waals surface area contributed by atoms with Crippen molar-refractivity contribution >= 4 is 27.5 Å². The van der Waals surface area contributed by atoms with Gasteiger partial charge in [-0.2, -0.15) is 0 Å². The van der Waals surface area contributed by atoms with Gasteiger partial charge in [-0.25, -0.2) is 0 Å². The minimum absolute atomic E-state index is 0.0727. The maximum atomic E-state index is 11.9. The molecule has 15 heavy (non-hydrogen) atoms. The van der Waals surface area contributed by atoms with Gasteiger partial charge in [0.15, 0.2) is 5.78 Å². The quantitative estimate of drug-likeness (QED) is 0.722. The Kier molecular flexibility index (Phi) is 2.35. The third-order valence-electron chi connectivity index (χ3n) is 2.53. The van der Waals surface area contributed by atoms with Gasteiger partial charge in [0.2, 0.25) is 5.78 Å². The Morgan fingerprint density at radius 2 is 1.67 bits per heavy atom. The fourth-order valence-electron chi connectivity index (χ4n) is 1.63. The zero-order chi connectivity index (χ0) is 11.2. The molecular formula is C12H9BrO2. The van der Waals surface area contributed by atoms with Crippen molar-refractivity contribution in [2.75, 3.05) is 0 Å². The summed E-state index contributed by atoms with van der Waals surface area (Å²) in [7, 11) is 0. The third-order valence-corrected chi connectivity index (χ3v) is 3.49. The molecule has 1 aromatic carbocycles. The summed E-state index contributed by atoms with van der Waals surface area (Å²) < 4.78 is 0.380. The highest BCUT2D eigenvalue weighted by molar-refractivity contribution is 9.12. The van der Waals surface area contributed by atoms with E-state index >= 15 is 0 Å². The second kappa shape index (κ2) is 3.42. The molecule has 0 bridgehead atoms. The lowest BCUT2D eigenvalue weighted by Crippen LogP contribution is -2.18. The van der Waals surface area contributed by atoms with E-state index in [1.54, 1.807) is 19.1 Å². The van der Waals surface area contributed by atoms with E-state index < -0.39 is 0 Å². The second-order valence-electron chi connectivity index (χ2n) is 3.65. The van der Waals surface area contributed by atoms with E-state index in [0.717, 1.165) is 5.56 Å². The standard InChI is InChI=1S/C12H9BrO2/c1-6-3-4-8-9(5-6)12(15)10(13)7(2)11(8)14/h3-5H,1-2H3. The minimum atomic E-state index is -0.106. The van der Waals surface area contributed by atoms with Gasteiger partial charge < -0.3 is 0 Å². The molecule has 0 heterocycles. The van der Waals surface area contributed by atoms with Gasteiger partial charge >= 0.3 is 0 Å². The summed E-state index contributed by atoms with van der Waals surface area (Å²) in [5.74, 6) is -0.178. The Balaban J connectivity index is 2.73. The number of allylic oxidation sites excluding steroid dienone is 2. The van der Waals surface area contributed by atoms with E-state index in [4.69, 9.17) is 0 Å². The number of fused-ring (bicyclic) bond motifs is 1. The molecule has 0 amide bonds. The number of hydrogen-bond donors (Lipinski definition) is 0. The molecule has 0 saturated carbocycles. The van der Waals surface area contributed by atoms with Gasteiger partial charge in [0, 0.05) is 16.7 Å². The van der Waals surface area contributed by atoms with Crippen LogP contribution in [0.5, 0.6) is 0 Å². The van der Waals surface area contributed by atoms with E-state index in [-0.39, 0.29) is 11.6 Å². The zero-order valence-corrected chi connectivity index (χ0v) is 10.0. The molecule has 0 spiro atoms. The molecule has 0 saturated heterocycles. The van der Waals surface area contributed by atoms with Crippen LogP contribution in [0.1, 0.15) is 33.2 Å². The molecular weight excluding hydrogens is 256 g/mol. The van der Waals surface area contributed by atoms with Crippen LogP contribution in [0, 0.1) is 6.92 Å². The maximum Gasteiger partial charge on any atom is 0.201 e. The molecule has 1 aliphatic rings. The summed E-state index contributed by atoms with van der Waals surface area (Å²) in [5.41, 5.74) is 2.47. The minimum Gasteiger partial charge on any atom is -0.289 e. The molecule has 0 unspecified atom stereocenters. The monoisotopic (exact) mass is 264 g/mol. The van der Waals surface area contributed by atoms with Crippen LogP contribution in [0.4, 0.5) is 0 Å². The Morgan fingerprint density at radius 3 is 2.33 bits per heavy atom. The third kappa shape index (κ3) is 1.47. The number of Topliss-reactive ketones (excluding diaryl/α,β-unsaturated/α-hetero) is 2. The van der Waals surface area contributed by atoms with Gasteiger partial charge in [-0.05, 0) is 35.8 Å². The van der Waals surface area contributed by atoms with Crippen LogP contribution in [-0.2, 0) is 0 Å². The number of benzene rings is 1. The van der Waals surface area contributed by atoms with Crippen molar-refractivity contribution in [2.45, 2.75) is 13.8 Å². The van der Waals surface area contributed by atoms with Crippen LogP contribution in [0.3, 0.4) is 0 Å². The fourth-order valence-corrected chi connectivity index (χ4v) is 2.03. The lowest BCUT2D eigenvalue weighted by atomic mass is 9.89. The van der Waals surface area contributed by atoms with E-state index in [1.807, 2.05) is 13.0 Å². The fraction of sp³-hybridized carbons (Fsp3) is 0.167. The van der Waals surface area contributed by atoms with E-state index in [1.165, 1.54) is 0 Å². The number of hydrogen-bond acceptors (Lipinski definition) is 2. The summed E-state index contributed by atoms with van der Waals surface area (Å²) in [5, 5.41) is 0. The van der Waals surface area contributed by atoms with Gasteiger partial charge in [-0.15, -0.1) is 0 Å². The summed E-state index contributed by atoms with van der Waals surface area (Å²) >= 11 is 3.16. The van der Waals surface area contributed by atoms with Crippen LogP contribution in [0.15, 0.2) is 28.3 Å². The molecule has 2 rings (SSSR count). The Labute approximate surface area is 96.1 Å². The normalized spacial score (nSPS) is 15.7. The molecule has 0 N–H and O–H groups in total. The van der Waals surface area contributed by atoms with Crippen LogP contribution in [0.2, 0.25) is 0 Å². The molecule has 0 radical (unpaired) electrons. The summed E-state index contributed by atoms with van der Waals surface area (Å²) in [4.78, 5) is 23.7. The summed E-state index contributed by atoms with van der Waals surface area (Å²) in [6.07, 6.45) is 0. The van der Waals surface area contributed by atoms with Crippen molar-refractivity contribution in [3.8, 4) is 0 Å². The van der Waals surface area contributed by atoms with Crippen LogP contribution in [-0.4, -0.2) is 11.6 Å². The highest BCUT2D eigenvalue weighted by Crippen LogP contribution is 2.29. The van der Waals surface area contributed by atoms with E-state index in [0.29, 0.717) is 21.2 Å².